The molecule has 1 fully saturated rings. The van der Waals surface area contributed by atoms with Crippen molar-refractivity contribution in [3.63, 3.8) is 0 Å². The molecular formula is C15H19Cl2NO2. The van der Waals surface area contributed by atoms with Crippen molar-refractivity contribution in [3.8, 4) is 5.75 Å². The van der Waals surface area contributed by atoms with Gasteiger partial charge in [-0.1, -0.05) is 18.0 Å². The van der Waals surface area contributed by atoms with Crippen molar-refractivity contribution in [1.82, 2.24) is 5.32 Å². The van der Waals surface area contributed by atoms with E-state index in [2.05, 4.69) is 5.32 Å². The minimum Gasteiger partial charge on any atom is -0.484 e. The summed E-state index contributed by atoms with van der Waals surface area (Å²) < 4.78 is 5.39. The zero-order chi connectivity index (χ0) is 14.4. The molecule has 0 spiro atoms. The highest BCUT2D eigenvalue weighted by atomic mass is 35.5. The Hall–Kier alpha value is -0.930. The Kier molecular flexibility index (Phi) is 5.99. The summed E-state index contributed by atoms with van der Waals surface area (Å²) in [6, 6.07) is 6.96. The molecule has 1 amide bonds. The normalized spacial score (nSPS) is 22.3. The van der Waals surface area contributed by atoms with Gasteiger partial charge in [0.1, 0.15) is 5.75 Å². The van der Waals surface area contributed by atoms with Crippen LogP contribution in [-0.2, 0) is 4.79 Å². The van der Waals surface area contributed by atoms with Crippen LogP contribution in [0.4, 0.5) is 0 Å². The number of nitrogens with one attached hydrogen (secondary N) is 1. The fourth-order valence-electron chi connectivity index (χ4n) is 2.40. The molecule has 1 aromatic carbocycles. The maximum atomic E-state index is 11.7. The number of rotatable bonds is 5. The third kappa shape index (κ3) is 5.22. The summed E-state index contributed by atoms with van der Waals surface area (Å²) in [7, 11) is 0. The third-order valence-corrected chi connectivity index (χ3v) is 4.14. The lowest BCUT2D eigenvalue weighted by molar-refractivity contribution is -0.123. The van der Waals surface area contributed by atoms with E-state index in [4.69, 9.17) is 27.9 Å². The van der Waals surface area contributed by atoms with E-state index in [9.17, 15) is 4.79 Å². The molecule has 3 nitrogen and oxygen atoms in total. The van der Waals surface area contributed by atoms with Gasteiger partial charge in [-0.3, -0.25) is 4.79 Å². The first-order valence-electron chi connectivity index (χ1n) is 6.92. The van der Waals surface area contributed by atoms with E-state index < -0.39 is 0 Å². The number of carbonyl (C=O) groups is 1. The molecule has 110 valence electrons. The van der Waals surface area contributed by atoms with Crippen LogP contribution in [0.3, 0.4) is 0 Å². The summed E-state index contributed by atoms with van der Waals surface area (Å²) in [5.41, 5.74) is 0. The molecule has 1 aromatic rings. The van der Waals surface area contributed by atoms with E-state index >= 15 is 0 Å². The quantitative estimate of drug-likeness (QED) is 0.843. The van der Waals surface area contributed by atoms with Crippen molar-refractivity contribution in [2.75, 3.05) is 13.2 Å². The summed E-state index contributed by atoms with van der Waals surface area (Å²) in [5, 5.41) is 3.81. The van der Waals surface area contributed by atoms with Crippen LogP contribution in [0.15, 0.2) is 24.3 Å². The van der Waals surface area contributed by atoms with Crippen molar-refractivity contribution >= 4 is 29.1 Å². The van der Waals surface area contributed by atoms with Gasteiger partial charge in [0.05, 0.1) is 0 Å². The minimum absolute atomic E-state index is 0.0264. The summed E-state index contributed by atoms with van der Waals surface area (Å²) in [5.74, 6) is 1.03. The second-order valence-corrected chi connectivity index (χ2v) is 6.23. The average Bonchev–Trinajstić information content (AvgIpc) is 2.45. The zero-order valence-electron chi connectivity index (χ0n) is 11.3. The van der Waals surface area contributed by atoms with Gasteiger partial charge in [-0.25, -0.2) is 0 Å². The topological polar surface area (TPSA) is 38.3 Å². The lowest BCUT2D eigenvalue weighted by Crippen LogP contribution is -2.34. The van der Waals surface area contributed by atoms with Crippen molar-refractivity contribution in [2.45, 2.75) is 31.1 Å². The number of amides is 1. The Morgan fingerprint density at radius 1 is 1.30 bits per heavy atom. The Bertz CT molecular complexity index is 436. The smallest absolute Gasteiger partial charge is 0.257 e. The number of carbonyl (C=O) groups excluding carboxylic acids is 1. The molecule has 0 aliphatic heterocycles. The predicted molar refractivity (Wildman–Crippen MR) is 81.6 cm³/mol. The molecule has 2 unspecified atom stereocenters. The molecule has 0 aromatic heterocycles. The number of ether oxygens (including phenoxy) is 1. The fraction of sp³-hybridized carbons (Fsp3) is 0.533. The molecule has 0 saturated heterocycles. The SMILES string of the molecule is O=C(COc1ccc(Cl)cc1)NCC1CCCC(Cl)C1. The van der Waals surface area contributed by atoms with Gasteiger partial charge < -0.3 is 10.1 Å². The van der Waals surface area contributed by atoms with Crippen LogP contribution in [0.1, 0.15) is 25.7 Å². The van der Waals surface area contributed by atoms with Crippen LogP contribution in [0.2, 0.25) is 5.02 Å². The Morgan fingerprint density at radius 3 is 2.75 bits per heavy atom. The van der Waals surface area contributed by atoms with Gasteiger partial charge in [-0.2, -0.15) is 0 Å². The Balaban J connectivity index is 1.66. The first kappa shape index (κ1) is 15.5. The van der Waals surface area contributed by atoms with E-state index in [0.717, 1.165) is 25.7 Å². The fourth-order valence-corrected chi connectivity index (χ4v) is 2.93. The third-order valence-electron chi connectivity index (χ3n) is 3.49. The summed E-state index contributed by atoms with van der Waals surface area (Å²) >= 11 is 11.9. The van der Waals surface area contributed by atoms with Gasteiger partial charge in [0.25, 0.3) is 5.91 Å². The van der Waals surface area contributed by atoms with Gasteiger partial charge in [0.2, 0.25) is 0 Å². The molecule has 1 aliphatic rings. The molecule has 0 bridgehead atoms. The first-order valence-corrected chi connectivity index (χ1v) is 7.74. The second kappa shape index (κ2) is 7.75. The number of halogens is 2. The largest absolute Gasteiger partial charge is 0.484 e. The second-order valence-electron chi connectivity index (χ2n) is 5.18. The van der Waals surface area contributed by atoms with Crippen molar-refractivity contribution in [2.24, 2.45) is 5.92 Å². The van der Waals surface area contributed by atoms with Crippen LogP contribution < -0.4 is 10.1 Å². The van der Waals surface area contributed by atoms with Crippen molar-refractivity contribution in [3.05, 3.63) is 29.3 Å². The highest BCUT2D eigenvalue weighted by Crippen LogP contribution is 2.27. The lowest BCUT2D eigenvalue weighted by Gasteiger charge is -2.25. The molecule has 1 saturated carbocycles. The van der Waals surface area contributed by atoms with Crippen molar-refractivity contribution in [1.29, 1.82) is 0 Å². The van der Waals surface area contributed by atoms with Gasteiger partial charge in [-0.15, -0.1) is 11.6 Å². The molecule has 5 heteroatoms. The van der Waals surface area contributed by atoms with Gasteiger partial charge in [-0.05, 0) is 49.4 Å². The zero-order valence-corrected chi connectivity index (χ0v) is 12.8. The highest BCUT2D eigenvalue weighted by molar-refractivity contribution is 6.30. The Labute approximate surface area is 129 Å². The standard InChI is InChI=1S/C15H19Cl2NO2/c16-12-4-6-14(7-5-12)20-10-15(19)18-9-11-2-1-3-13(17)8-11/h4-7,11,13H,1-3,8-10H2,(H,18,19). The average molecular weight is 316 g/mol. The minimum atomic E-state index is -0.100. The molecule has 20 heavy (non-hydrogen) atoms. The lowest BCUT2D eigenvalue weighted by atomic mass is 9.89. The maximum absolute atomic E-state index is 11.7. The maximum Gasteiger partial charge on any atom is 0.257 e. The van der Waals surface area contributed by atoms with E-state index in [0.29, 0.717) is 23.2 Å². The molecule has 2 rings (SSSR count). The van der Waals surface area contributed by atoms with Crippen molar-refractivity contribution < 1.29 is 9.53 Å². The highest BCUT2D eigenvalue weighted by Gasteiger charge is 2.20. The molecule has 1 aliphatic carbocycles. The van der Waals surface area contributed by atoms with E-state index in [1.807, 2.05) is 0 Å². The van der Waals surface area contributed by atoms with E-state index in [1.54, 1.807) is 24.3 Å². The molecule has 0 heterocycles. The van der Waals surface area contributed by atoms with Gasteiger partial charge in [0.15, 0.2) is 6.61 Å². The van der Waals surface area contributed by atoms with Crippen LogP contribution in [-0.4, -0.2) is 24.4 Å². The van der Waals surface area contributed by atoms with E-state index in [1.165, 1.54) is 0 Å². The van der Waals surface area contributed by atoms with Crippen LogP contribution in [0.25, 0.3) is 0 Å². The predicted octanol–water partition coefficient (Wildman–Crippen LogP) is 3.63. The summed E-state index contributed by atoms with van der Waals surface area (Å²) in [6.45, 7) is 0.713. The number of hydrogen-bond donors (Lipinski definition) is 1. The van der Waals surface area contributed by atoms with Gasteiger partial charge in [0, 0.05) is 16.9 Å². The van der Waals surface area contributed by atoms with Crippen LogP contribution in [0.5, 0.6) is 5.75 Å². The number of alkyl halides is 1. The monoisotopic (exact) mass is 315 g/mol. The molecule has 2 atom stereocenters. The number of hydrogen-bond acceptors (Lipinski definition) is 2. The molecule has 0 radical (unpaired) electrons. The Morgan fingerprint density at radius 2 is 2.05 bits per heavy atom. The van der Waals surface area contributed by atoms with Crippen LogP contribution in [0, 0.1) is 5.92 Å². The molecular weight excluding hydrogens is 297 g/mol. The van der Waals surface area contributed by atoms with Crippen LogP contribution >= 0.6 is 23.2 Å². The summed E-state index contributed by atoms with van der Waals surface area (Å²) in [6.07, 6.45) is 4.36. The van der Waals surface area contributed by atoms with Gasteiger partial charge >= 0.3 is 0 Å². The number of benzene rings is 1. The molecule has 1 N–H and O–H groups in total. The van der Waals surface area contributed by atoms with E-state index in [-0.39, 0.29) is 17.9 Å². The summed E-state index contributed by atoms with van der Waals surface area (Å²) in [4.78, 5) is 11.7. The first-order chi connectivity index (χ1) is 9.63.